The molecule has 0 heterocycles. The average Bonchev–Trinajstić information content (AvgIpc) is 2.43. The molecule has 2 aromatic rings. The van der Waals surface area contributed by atoms with Gasteiger partial charge in [-0.05, 0) is 44.0 Å². The Morgan fingerprint density at radius 3 is 2.40 bits per heavy atom. The van der Waals surface area contributed by atoms with E-state index in [1.807, 2.05) is 63.2 Å². The highest BCUT2D eigenvalue weighted by Gasteiger charge is 2.29. The van der Waals surface area contributed by atoms with Gasteiger partial charge >= 0.3 is 0 Å². The van der Waals surface area contributed by atoms with Crippen LogP contribution in [0.4, 0.5) is 11.4 Å². The van der Waals surface area contributed by atoms with Gasteiger partial charge in [0, 0.05) is 0 Å². The van der Waals surface area contributed by atoms with Crippen molar-refractivity contribution in [3.05, 3.63) is 59.7 Å². The zero-order chi connectivity index (χ0) is 14.8. The lowest BCUT2D eigenvalue weighted by molar-refractivity contribution is -0.120. The van der Waals surface area contributed by atoms with Crippen LogP contribution in [-0.4, -0.2) is 5.91 Å². The summed E-state index contributed by atoms with van der Waals surface area (Å²) in [5, 5.41) is 2.93. The molecule has 20 heavy (non-hydrogen) atoms. The summed E-state index contributed by atoms with van der Waals surface area (Å²) >= 11 is 0. The van der Waals surface area contributed by atoms with E-state index in [1.54, 1.807) is 6.07 Å². The second kappa shape index (κ2) is 5.37. The van der Waals surface area contributed by atoms with E-state index in [9.17, 15) is 4.79 Å². The fraction of sp³-hybridized carbons (Fsp3) is 0.235. The number of nitrogens with two attached hydrogens (primary N) is 1. The van der Waals surface area contributed by atoms with Gasteiger partial charge in [0.15, 0.2) is 0 Å². The number of carbonyl (C=O) groups excluding carboxylic acids is 1. The van der Waals surface area contributed by atoms with Gasteiger partial charge in [0.2, 0.25) is 5.91 Å². The maximum absolute atomic E-state index is 12.5. The number of nitrogens with one attached hydrogen (secondary N) is 1. The third kappa shape index (κ3) is 2.82. The third-order valence-electron chi connectivity index (χ3n) is 3.52. The summed E-state index contributed by atoms with van der Waals surface area (Å²) < 4.78 is 0. The first-order valence-corrected chi connectivity index (χ1v) is 6.64. The van der Waals surface area contributed by atoms with Crippen molar-refractivity contribution in [2.45, 2.75) is 26.2 Å². The van der Waals surface area contributed by atoms with Crippen molar-refractivity contribution in [3.8, 4) is 0 Å². The van der Waals surface area contributed by atoms with Crippen LogP contribution in [0.1, 0.15) is 25.0 Å². The Morgan fingerprint density at radius 2 is 1.75 bits per heavy atom. The number of carbonyl (C=O) groups is 1. The second-order valence-corrected chi connectivity index (χ2v) is 5.54. The molecule has 0 bridgehead atoms. The van der Waals surface area contributed by atoms with Crippen LogP contribution in [-0.2, 0) is 10.2 Å². The second-order valence-electron chi connectivity index (χ2n) is 5.54. The Hall–Kier alpha value is -2.29. The summed E-state index contributed by atoms with van der Waals surface area (Å²) in [4.78, 5) is 12.5. The molecule has 2 aromatic carbocycles. The summed E-state index contributed by atoms with van der Waals surface area (Å²) in [6.45, 7) is 5.78. The maximum atomic E-state index is 12.5. The molecule has 1 amide bonds. The zero-order valence-corrected chi connectivity index (χ0v) is 12.1. The number of benzene rings is 2. The molecule has 0 spiro atoms. The molecule has 0 aliphatic carbocycles. The third-order valence-corrected chi connectivity index (χ3v) is 3.52. The van der Waals surface area contributed by atoms with Crippen LogP contribution in [0.25, 0.3) is 0 Å². The number of amides is 1. The molecule has 3 heteroatoms. The average molecular weight is 268 g/mol. The van der Waals surface area contributed by atoms with Gasteiger partial charge in [-0.2, -0.15) is 0 Å². The largest absolute Gasteiger partial charge is 0.397 e. The van der Waals surface area contributed by atoms with Gasteiger partial charge in [-0.15, -0.1) is 0 Å². The number of hydrogen-bond acceptors (Lipinski definition) is 2. The van der Waals surface area contributed by atoms with Gasteiger partial charge in [0.1, 0.15) is 0 Å². The Bertz CT molecular complexity index is 618. The molecule has 0 aliphatic rings. The lowest BCUT2D eigenvalue weighted by atomic mass is 9.83. The molecule has 3 N–H and O–H groups in total. The monoisotopic (exact) mass is 268 g/mol. The van der Waals surface area contributed by atoms with Crippen molar-refractivity contribution in [1.29, 1.82) is 0 Å². The van der Waals surface area contributed by atoms with Crippen molar-refractivity contribution in [2.24, 2.45) is 0 Å². The molecule has 0 unspecified atom stereocenters. The highest BCUT2D eigenvalue weighted by Crippen LogP contribution is 2.27. The summed E-state index contributed by atoms with van der Waals surface area (Å²) in [6.07, 6.45) is 0. The predicted octanol–water partition coefficient (Wildman–Crippen LogP) is 3.49. The fourth-order valence-electron chi connectivity index (χ4n) is 2.04. The van der Waals surface area contributed by atoms with Gasteiger partial charge in [-0.3, -0.25) is 4.79 Å². The van der Waals surface area contributed by atoms with Gasteiger partial charge in [-0.1, -0.05) is 36.4 Å². The summed E-state index contributed by atoms with van der Waals surface area (Å²) in [7, 11) is 0. The van der Waals surface area contributed by atoms with Crippen LogP contribution in [0.5, 0.6) is 0 Å². The Kier molecular flexibility index (Phi) is 3.79. The Balaban J connectivity index is 2.26. The summed E-state index contributed by atoms with van der Waals surface area (Å²) in [6, 6.07) is 15.3. The molecule has 0 atom stereocenters. The molecule has 104 valence electrons. The standard InChI is InChI=1S/C17H20N2O/c1-12-9-10-14(18)15(11-12)19-16(20)17(2,3)13-7-5-4-6-8-13/h4-11H,18H2,1-3H3,(H,19,20). The van der Waals surface area contributed by atoms with Gasteiger partial charge in [-0.25, -0.2) is 0 Å². The minimum Gasteiger partial charge on any atom is -0.397 e. The van der Waals surface area contributed by atoms with E-state index < -0.39 is 5.41 Å². The van der Waals surface area contributed by atoms with E-state index >= 15 is 0 Å². The Morgan fingerprint density at radius 1 is 1.10 bits per heavy atom. The van der Waals surface area contributed by atoms with Crippen LogP contribution in [0.2, 0.25) is 0 Å². The van der Waals surface area contributed by atoms with E-state index in [-0.39, 0.29) is 5.91 Å². The molecule has 0 aliphatic heterocycles. The van der Waals surface area contributed by atoms with Crippen molar-refractivity contribution < 1.29 is 4.79 Å². The van der Waals surface area contributed by atoms with Gasteiger partial charge in [0.05, 0.1) is 16.8 Å². The number of anilines is 2. The number of rotatable bonds is 3. The first-order valence-electron chi connectivity index (χ1n) is 6.64. The van der Waals surface area contributed by atoms with Gasteiger partial charge < -0.3 is 11.1 Å². The maximum Gasteiger partial charge on any atom is 0.234 e. The molecule has 2 rings (SSSR count). The zero-order valence-electron chi connectivity index (χ0n) is 12.1. The number of aryl methyl sites for hydroxylation is 1. The van der Waals surface area contributed by atoms with E-state index in [4.69, 9.17) is 5.73 Å². The quantitative estimate of drug-likeness (QED) is 0.837. The topological polar surface area (TPSA) is 55.1 Å². The normalized spacial score (nSPS) is 11.2. The summed E-state index contributed by atoms with van der Waals surface area (Å²) in [5.74, 6) is -0.0685. The van der Waals surface area contributed by atoms with Crippen LogP contribution < -0.4 is 11.1 Å². The molecule has 3 nitrogen and oxygen atoms in total. The number of hydrogen-bond donors (Lipinski definition) is 2. The van der Waals surface area contributed by atoms with E-state index in [2.05, 4.69) is 5.32 Å². The van der Waals surface area contributed by atoms with E-state index in [0.717, 1.165) is 11.1 Å². The lowest BCUT2D eigenvalue weighted by Gasteiger charge is -2.24. The molecule has 0 saturated carbocycles. The van der Waals surface area contributed by atoms with Crippen molar-refractivity contribution in [2.75, 3.05) is 11.1 Å². The van der Waals surface area contributed by atoms with E-state index in [0.29, 0.717) is 11.4 Å². The molecule has 0 radical (unpaired) electrons. The van der Waals surface area contributed by atoms with Crippen molar-refractivity contribution in [1.82, 2.24) is 0 Å². The summed E-state index contributed by atoms with van der Waals surface area (Å²) in [5.41, 5.74) is 8.57. The smallest absolute Gasteiger partial charge is 0.234 e. The number of nitrogen functional groups attached to an aromatic ring is 1. The van der Waals surface area contributed by atoms with Crippen LogP contribution in [0.15, 0.2) is 48.5 Å². The molecule has 0 fully saturated rings. The molecule has 0 aromatic heterocycles. The van der Waals surface area contributed by atoms with Crippen molar-refractivity contribution >= 4 is 17.3 Å². The van der Waals surface area contributed by atoms with Gasteiger partial charge in [0.25, 0.3) is 0 Å². The van der Waals surface area contributed by atoms with Crippen LogP contribution >= 0.6 is 0 Å². The lowest BCUT2D eigenvalue weighted by Crippen LogP contribution is -2.34. The first kappa shape index (κ1) is 14.1. The molecular weight excluding hydrogens is 248 g/mol. The van der Waals surface area contributed by atoms with Crippen molar-refractivity contribution in [3.63, 3.8) is 0 Å². The highest BCUT2D eigenvalue weighted by molar-refractivity contribution is 6.00. The van der Waals surface area contributed by atoms with Crippen LogP contribution in [0, 0.1) is 6.92 Å². The minimum atomic E-state index is -0.614. The SMILES string of the molecule is Cc1ccc(N)c(NC(=O)C(C)(C)c2ccccc2)c1. The van der Waals surface area contributed by atoms with Crippen LogP contribution in [0.3, 0.4) is 0 Å². The molecular formula is C17H20N2O. The first-order chi connectivity index (χ1) is 9.41. The predicted molar refractivity (Wildman–Crippen MR) is 83.7 cm³/mol. The fourth-order valence-corrected chi connectivity index (χ4v) is 2.04. The highest BCUT2D eigenvalue weighted by atomic mass is 16.2. The van der Waals surface area contributed by atoms with E-state index in [1.165, 1.54) is 0 Å². The Labute approximate surface area is 119 Å². The minimum absolute atomic E-state index is 0.0685. The molecule has 0 saturated heterocycles.